The van der Waals surface area contributed by atoms with Crippen molar-refractivity contribution in [2.75, 3.05) is 18.5 Å². The van der Waals surface area contributed by atoms with Gasteiger partial charge in [0.25, 0.3) is 5.91 Å². The Balaban J connectivity index is 2.16. The molecule has 2 amide bonds. The monoisotopic (exact) mass is 298 g/mol. The molecule has 2 aliphatic rings. The Morgan fingerprint density at radius 3 is 2.62 bits per heavy atom. The summed E-state index contributed by atoms with van der Waals surface area (Å²) in [6.45, 7) is 0.402. The fraction of sp³-hybridized carbons (Fsp3) is 0.429. The molecule has 112 valence electrons. The molecule has 0 bridgehead atoms. The average Bonchev–Trinajstić information content (AvgIpc) is 2.90. The summed E-state index contributed by atoms with van der Waals surface area (Å²) in [5, 5.41) is 0. The van der Waals surface area contributed by atoms with E-state index in [9.17, 15) is 22.8 Å². The van der Waals surface area contributed by atoms with E-state index in [0.29, 0.717) is 19.4 Å². The van der Waals surface area contributed by atoms with Crippen molar-refractivity contribution in [3.8, 4) is 0 Å². The molecule has 0 radical (unpaired) electrons. The van der Waals surface area contributed by atoms with Gasteiger partial charge in [0.2, 0.25) is 5.91 Å². The smallest absolute Gasteiger partial charge is 0.327 e. The van der Waals surface area contributed by atoms with Gasteiger partial charge in [-0.1, -0.05) is 0 Å². The van der Waals surface area contributed by atoms with E-state index in [2.05, 4.69) is 0 Å². The van der Waals surface area contributed by atoms with E-state index in [1.807, 2.05) is 0 Å². The van der Waals surface area contributed by atoms with Crippen molar-refractivity contribution in [1.82, 2.24) is 4.90 Å². The van der Waals surface area contributed by atoms with Crippen LogP contribution in [0.15, 0.2) is 18.2 Å². The summed E-state index contributed by atoms with van der Waals surface area (Å²) < 4.78 is 38.5. The van der Waals surface area contributed by atoms with Crippen molar-refractivity contribution in [1.29, 1.82) is 0 Å². The van der Waals surface area contributed by atoms with Crippen LogP contribution in [0.3, 0.4) is 0 Å². The molecular formula is C14H13F3N2O2. The normalized spacial score (nSPS) is 22.2. The Hall–Kier alpha value is -2.05. The van der Waals surface area contributed by atoms with E-state index < -0.39 is 23.7 Å². The zero-order chi connectivity index (χ0) is 15.4. The van der Waals surface area contributed by atoms with E-state index in [0.717, 1.165) is 12.1 Å². The van der Waals surface area contributed by atoms with Gasteiger partial charge >= 0.3 is 6.18 Å². The van der Waals surface area contributed by atoms with Crippen LogP contribution in [0.1, 0.15) is 28.8 Å². The van der Waals surface area contributed by atoms with Crippen molar-refractivity contribution in [3.05, 3.63) is 29.3 Å². The maximum absolute atomic E-state index is 12.8. The second kappa shape index (κ2) is 4.47. The van der Waals surface area contributed by atoms with Gasteiger partial charge in [0.05, 0.1) is 16.8 Å². The predicted octanol–water partition coefficient (Wildman–Crippen LogP) is 2.29. The van der Waals surface area contributed by atoms with Gasteiger partial charge in [0.1, 0.15) is 6.04 Å². The topological polar surface area (TPSA) is 40.6 Å². The van der Waals surface area contributed by atoms with E-state index >= 15 is 0 Å². The number of hydrogen-bond donors (Lipinski definition) is 0. The van der Waals surface area contributed by atoms with Crippen LogP contribution in [0.4, 0.5) is 18.9 Å². The average molecular weight is 298 g/mol. The van der Waals surface area contributed by atoms with Crippen LogP contribution < -0.4 is 4.90 Å². The van der Waals surface area contributed by atoms with E-state index in [1.54, 1.807) is 0 Å². The third-order valence-corrected chi connectivity index (χ3v) is 4.04. The number of anilines is 1. The summed E-state index contributed by atoms with van der Waals surface area (Å²) in [5.41, 5.74) is -0.717. The zero-order valence-electron chi connectivity index (χ0n) is 11.3. The molecule has 2 heterocycles. The second-order valence-electron chi connectivity index (χ2n) is 5.28. The van der Waals surface area contributed by atoms with Gasteiger partial charge in [-0.3, -0.25) is 9.59 Å². The number of nitrogens with zero attached hydrogens (tertiary/aromatic N) is 2. The number of fused-ring (bicyclic) bond motifs is 2. The fourth-order valence-electron chi connectivity index (χ4n) is 2.94. The number of benzene rings is 1. The number of rotatable bonds is 0. The van der Waals surface area contributed by atoms with Crippen LogP contribution >= 0.6 is 0 Å². The number of carbonyl (C=O) groups excluding carboxylic acids is 2. The first-order valence-corrected chi connectivity index (χ1v) is 6.60. The molecule has 1 fully saturated rings. The lowest BCUT2D eigenvalue weighted by Crippen LogP contribution is -2.43. The van der Waals surface area contributed by atoms with E-state index in [4.69, 9.17) is 0 Å². The molecule has 21 heavy (non-hydrogen) atoms. The Bertz CT molecular complexity index is 627. The lowest BCUT2D eigenvalue weighted by atomic mass is 10.1. The maximum Gasteiger partial charge on any atom is 0.416 e. The number of hydrogen-bond acceptors (Lipinski definition) is 2. The number of amides is 2. The number of halogens is 3. The van der Waals surface area contributed by atoms with Gasteiger partial charge in [-0.15, -0.1) is 0 Å². The lowest BCUT2D eigenvalue weighted by Gasteiger charge is -2.22. The molecular weight excluding hydrogens is 285 g/mol. The van der Waals surface area contributed by atoms with E-state index in [1.165, 1.54) is 22.9 Å². The molecule has 1 unspecified atom stereocenters. The molecule has 1 aromatic rings. The summed E-state index contributed by atoms with van der Waals surface area (Å²) in [4.78, 5) is 27.5. The highest BCUT2D eigenvalue weighted by molar-refractivity contribution is 6.11. The first-order chi connectivity index (χ1) is 9.80. The molecule has 0 aromatic heterocycles. The summed E-state index contributed by atoms with van der Waals surface area (Å²) in [7, 11) is 1.49. The van der Waals surface area contributed by atoms with Gasteiger partial charge in [-0.2, -0.15) is 13.2 Å². The Labute approximate surface area is 119 Å². The predicted molar refractivity (Wildman–Crippen MR) is 68.9 cm³/mol. The highest BCUT2D eigenvalue weighted by Gasteiger charge is 2.42. The maximum atomic E-state index is 12.8. The highest BCUT2D eigenvalue weighted by Crippen LogP contribution is 2.36. The first-order valence-electron chi connectivity index (χ1n) is 6.60. The van der Waals surface area contributed by atoms with Gasteiger partial charge in [-0.05, 0) is 31.0 Å². The van der Waals surface area contributed by atoms with Gasteiger partial charge in [-0.25, -0.2) is 0 Å². The van der Waals surface area contributed by atoms with Crippen molar-refractivity contribution >= 4 is 17.5 Å². The molecule has 0 aliphatic carbocycles. The van der Waals surface area contributed by atoms with Crippen LogP contribution in [-0.2, 0) is 11.0 Å². The third-order valence-electron chi connectivity index (χ3n) is 4.04. The SMILES string of the molecule is CN1C(=O)C2CCCN2C(=O)c2cc(C(F)(F)F)ccc21. The van der Waals surface area contributed by atoms with Crippen LogP contribution in [-0.4, -0.2) is 36.3 Å². The molecule has 2 aliphatic heterocycles. The van der Waals surface area contributed by atoms with Crippen LogP contribution in [0.5, 0.6) is 0 Å². The molecule has 1 atom stereocenters. The highest BCUT2D eigenvalue weighted by atomic mass is 19.4. The second-order valence-corrected chi connectivity index (χ2v) is 5.28. The zero-order valence-corrected chi connectivity index (χ0v) is 11.3. The first kappa shape index (κ1) is 13.9. The van der Waals surface area contributed by atoms with Crippen molar-refractivity contribution in [3.63, 3.8) is 0 Å². The van der Waals surface area contributed by atoms with Crippen molar-refractivity contribution < 1.29 is 22.8 Å². The lowest BCUT2D eigenvalue weighted by molar-refractivity contribution is -0.137. The van der Waals surface area contributed by atoms with Crippen LogP contribution in [0.2, 0.25) is 0 Å². The van der Waals surface area contributed by atoms with Crippen LogP contribution in [0.25, 0.3) is 0 Å². The molecule has 1 saturated heterocycles. The summed E-state index contributed by atoms with van der Waals surface area (Å²) in [5.74, 6) is -0.754. The minimum atomic E-state index is -4.52. The molecule has 1 aromatic carbocycles. The summed E-state index contributed by atoms with van der Waals surface area (Å²) in [6, 6.07) is 2.36. The molecule has 3 rings (SSSR count). The number of likely N-dealkylation sites (N-methyl/N-ethyl adjacent to an activating group) is 1. The van der Waals surface area contributed by atoms with Gasteiger partial charge in [0.15, 0.2) is 0 Å². The Morgan fingerprint density at radius 1 is 1.24 bits per heavy atom. The number of carbonyl (C=O) groups is 2. The third kappa shape index (κ3) is 2.07. The van der Waals surface area contributed by atoms with Gasteiger partial charge < -0.3 is 9.80 Å². The number of alkyl halides is 3. The quantitative estimate of drug-likeness (QED) is 0.737. The summed E-state index contributed by atoms with van der Waals surface area (Å²) in [6.07, 6.45) is -3.28. The van der Waals surface area contributed by atoms with Crippen molar-refractivity contribution in [2.24, 2.45) is 0 Å². The van der Waals surface area contributed by atoms with E-state index in [-0.39, 0.29) is 17.2 Å². The molecule has 0 N–H and O–H groups in total. The molecule has 7 heteroatoms. The fourth-order valence-corrected chi connectivity index (χ4v) is 2.94. The molecule has 0 spiro atoms. The van der Waals surface area contributed by atoms with Crippen molar-refractivity contribution in [2.45, 2.75) is 25.1 Å². The minimum Gasteiger partial charge on any atom is -0.327 e. The summed E-state index contributed by atoms with van der Waals surface area (Å²) >= 11 is 0. The molecule has 0 saturated carbocycles. The Kier molecular flexibility index (Phi) is 2.96. The van der Waals surface area contributed by atoms with Crippen LogP contribution in [0, 0.1) is 0 Å². The largest absolute Gasteiger partial charge is 0.416 e. The standard InChI is InChI=1S/C14H13F3N2O2/c1-18-10-5-4-8(14(15,16)17)7-9(10)12(20)19-6-2-3-11(19)13(18)21/h4-5,7,11H,2-3,6H2,1H3. The minimum absolute atomic E-state index is 0.0647. The van der Waals surface area contributed by atoms with Gasteiger partial charge in [0, 0.05) is 13.6 Å². The molecule has 4 nitrogen and oxygen atoms in total. The Morgan fingerprint density at radius 2 is 1.95 bits per heavy atom.